The molecule has 5 unspecified atom stereocenters. The van der Waals surface area contributed by atoms with Crippen LogP contribution in [0.15, 0.2) is 35.9 Å². The maximum Gasteiger partial charge on any atom is 0.252 e. The summed E-state index contributed by atoms with van der Waals surface area (Å²) in [5, 5.41) is 23.4. The molecule has 0 aromatic heterocycles. The Bertz CT molecular complexity index is 899. The Labute approximate surface area is 199 Å². The summed E-state index contributed by atoms with van der Waals surface area (Å²) >= 11 is 0. The summed E-state index contributed by atoms with van der Waals surface area (Å²) in [7, 11) is 0. The van der Waals surface area contributed by atoms with Crippen LogP contribution in [0.25, 0.3) is 0 Å². The standard InChI is InChI=1S/C25H34N2O7/c1-2-32-13-6-11-27(25(31)20-9-5-14-33-20)18-15-17(24(30)26-10-12-28)21-16-7-3-4-8-19(16)34-23(21)22(18)29/h3-4,7-8,15,18,20-23,28-29H,2,5-6,9-14H2,1H3,(H,26,30). The third-order valence-electron chi connectivity index (χ3n) is 6.62. The molecule has 3 N–H and O–H groups in total. The highest BCUT2D eigenvalue weighted by Gasteiger charge is 2.50. The van der Waals surface area contributed by atoms with Gasteiger partial charge in [0, 0.05) is 44.0 Å². The lowest BCUT2D eigenvalue weighted by atomic mass is 9.77. The van der Waals surface area contributed by atoms with Crippen molar-refractivity contribution in [1.29, 1.82) is 0 Å². The fourth-order valence-electron chi connectivity index (χ4n) is 5.04. The number of aliphatic hydroxyl groups is 2. The first-order chi connectivity index (χ1) is 16.6. The van der Waals surface area contributed by atoms with Gasteiger partial charge in [-0.3, -0.25) is 9.59 Å². The number of para-hydroxylation sites is 1. The third kappa shape index (κ3) is 4.98. The van der Waals surface area contributed by atoms with Gasteiger partial charge in [-0.2, -0.15) is 0 Å². The maximum absolute atomic E-state index is 13.5. The Kier molecular flexibility index (Phi) is 8.20. The number of hydrogen-bond acceptors (Lipinski definition) is 7. The van der Waals surface area contributed by atoms with Gasteiger partial charge in [-0.15, -0.1) is 0 Å². The van der Waals surface area contributed by atoms with Crippen molar-refractivity contribution in [2.75, 3.05) is 39.5 Å². The first-order valence-corrected chi connectivity index (χ1v) is 12.1. The Balaban J connectivity index is 1.68. The Morgan fingerprint density at radius 3 is 2.85 bits per heavy atom. The number of benzene rings is 1. The molecule has 1 saturated heterocycles. The van der Waals surface area contributed by atoms with E-state index in [1.807, 2.05) is 31.2 Å². The van der Waals surface area contributed by atoms with E-state index in [1.165, 1.54) is 0 Å². The maximum atomic E-state index is 13.5. The second kappa shape index (κ2) is 11.3. The van der Waals surface area contributed by atoms with E-state index < -0.39 is 30.3 Å². The Morgan fingerprint density at radius 1 is 1.29 bits per heavy atom. The minimum Gasteiger partial charge on any atom is -0.486 e. The van der Waals surface area contributed by atoms with Gasteiger partial charge in [-0.1, -0.05) is 18.2 Å². The minimum absolute atomic E-state index is 0.107. The van der Waals surface area contributed by atoms with Gasteiger partial charge in [0.15, 0.2) is 0 Å². The Morgan fingerprint density at radius 2 is 2.12 bits per heavy atom. The largest absolute Gasteiger partial charge is 0.486 e. The summed E-state index contributed by atoms with van der Waals surface area (Å²) in [6, 6.07) is 6.65. The van der Waals surface area contributed by atoms with Crippen LogP contribution in [0.1, 0.15) is 37.7 Å². The molecule has 0 spiro atoms. The van der Waals surface area contributed by atoms with Crippen molar-refractivity contribution in [1.82, 2.24) is 10.2 Å². The molecular formula is C25H34N2O7. The SMILES string of the molecule is CCOCCCN(C(=O)C1CCCO1)C1C=C(C(=O)NCCO)C2c3ccccc3OC2C1O. The van der Waals surface area contributed by atoms with Crippen molar-refractivity contribution in [3.05, 3.63) is 41.5 Å². The molecule has 3 aliphatic rings. The second-order valence-electron chi connectivity index (χ2n) is 8.76. The fraction of sp³-hybridized carbons (Fsp3) is 0.600. The molecule has 9 nitrogen and oxygen atoms in total. The number of hydrogen-bond donors (Lipinski definition) is 3. The van der Waals surface area contributed by atoms with Crippen LogP contribution in [0.2, 0.25) is 0 Å². The van der Waals surface area contributed by atoms with Crippen LogP contribution >= 0.6 is 0 Å². The van der Waals surface area contributed by atoms with Gasteiger partial charge in [0.2, 0.25) is 5.91 Å². The summed E-state index contributed by atoms with van der Waals surface area (Å²) in [5.74, 6) is -0.394. The number of ether oxygens (including phenoxy) is 3. The number of nitrogens with one attached hydrogen (secondary N) is 1. The molecule has 9 heteroatoms. The molecule has 186 valence electrons. The van der Waals surface area contributed by atoms with Gasteiger partial charge in [-0.05, 0) is 38.3 Å². The van der Waals surface area contributed by atoms with Gasteiger partial charge in [0.1, 0.15) is 24.1 Å². The molecule has 1 aliphatic carbocycles. The van der Waals surface area contributed by atoms with E-state index in [1.54, 1.807) is 11.0 Å². The molecule has 4 rings (SSSR count). The number of carbonyl (C=O) groups excluding carboxylic acids is 2. The zero-order valence-electron chi connectivity index (χ0n) is 19.5. The molecule has 2 heterocycles. The summed E-state index contributed by atoms with van der Waals surface area (Å²) in [6.45, 7) is 3.78. The van der Waals surface area contributed by atoms with Crippen molar-refractivity contribution < 1.29 is 34.0 Å². The average Bonchev–Trinajstić information content (AvgIpc) is 3.52. The zero-order valence-corrected chi connectivity index (χ0v) is 19.5. The van der Waals surface area contributed by atoms with Crippen molar-refractivity contribution in [3.63, 3.8) is 0 Å². The summed E-state index contributed by atoms with van der Waals surface area (Å²) in [4.78, 5) is 28.2. The third-order valence-corrected chi connectivity index (χ3v) is 6.62. The number of fused-ring (bicyclic) bond motifs is 3. The Hall–Kier alpha value is -2.46. The smallest absolute Gasteiger partial charge is 0.252 e. The molecule has 1 aromatic rings. The van der Waals surface area contributed by atoms with E-state index in [0.29, 0.717) is 50.5 Å². The van der Waals surface area contributed by atoms with Gasteiger partial charge in [0.25, 0.3) is 5.91 Å². The summed E-state index contributed by atoms with van der Waals surface area (Å²) < 4.78 is 17.2. The minimum atomic E-state index is -1.04. The van der Waals surface area contributed by atoms with E-state index in [4.69, 9.17) is 14.2 Å². The number of nitrogens with zero attached hydrogens (tertiary/aromatic N) is 1. The van der Waals surface area contributed by atoms with Crippen LogP contribution in [0.5, 0.6) is 5.75 Å². The van der Waals surface area contributed by atoms with Crippen LogP contribution in [0.4, 0.5) is 0 Å². The van der Waals surface area contributed by atoms with Crippen molar-refractivity contribution >= 4 is 11.8 Å². The van der Waals surface area contributed by atoms with Crippen LogP contribution in [0, 0.1) is 0 Å². The molecule has 2 aliphatic heterocycles. The lowest BCUT2D eigenvalue weighted by Crippen LogP contribution is -2.57. The average molecular weight is 475 g/mol. The lowest BCUT2D eigenvalue weighted by Gasteiger charge is -2.41. The normalized spacial score (nSPS) is 27.4. The predicted octanol–water partition coefficient (Wildman–Crippen LogP) is 0.743. The quantitative estimate of drug-likeness (QED) is 0.428. The van der Waals surface area contributed by atoms with Gasteiger partial charge < -0.3 is 34.6 Å². The fourth-order valence-corrected chi connectivity index (χ4v) is 5.04. The molecule has 0 bridgehead atoms. The van der Waals surface area contributed by atoms with Crippen LogP contribution < -0.4 is 10.1 Å². The molecule has 0 saturated carbocycles. The number of carbonyl (C=O) groups is 2. The lowest BCUT2D eigenvalue weighted by molar-refractivity contribution is -0.147. The van der Waals surface area contributed by atoms with Crippen molar-refractivity contribution in [2.24, 2.45) is 0 Å². The molecule has 2 amide bonds. The summed E-state index contributed by atoms with van der Waals surface area (Å²) in [5.41, 5.74) is 1.25. The van der Waals surface area contributed by atoms with Gasteiger partial charge >= 0.3 is 0 Å². The van der Waals surface area contributed by atoms with E-state index in [0.717, 1.165) is 12.0 Å². The highest BCUT2D eigenvalue weighted by Crippen LogP contribution is 2.47. The first-order valence-electron chi connectivity index (χ1n) is 12.1. The van der Waals surface area contributed by atoms with E-state index in [2.05, 4.69) is 5.32 Å². The first kappa shape index (κ1) is 24.7. The van der Waals surface area contributed by atoms with E-state index in [-0.39, 0.29) is 25.0 Å². The molecule has 0 radical (unpaired) electrons. The molecule has 5 atom stereocenters. The highest BCUT2D eigenvalue weighted by molar-refractivity contribution is 5.96. The van der Waals surface area contributed by atoms with Crippen LogP contribution in [-0.4, -0.2) is 90.8 Å². The molecular weight excluding hydrogens is 440 g/mol. The number of amides is 2. The predicted molar refractivity (Wildman–Crippen MR) is 123 cm³/mol. The highest BCUT2D eigenvalue weighted by atomic mass is 16.5. The molecule has 34 heavy (non-hydrogen) atoms. The summed E-state index contributed by atoms with van der Waals surface area (Å²) in [6.07, 6.45) is 1.41. The van der Waals surface area contributed by atoms with Gasteiger partial charge in [-0.25, -0.2) is 0 Å². The molecule has 1 aromatic carbocycles. The zero-order chi connectivity index (χ0) is 24.1. The molecule has 1 fully saturated rings. The van der Waals surface area contributed by atoms with Crippen LogP contribution in [-0.2, 0) is 19.1 Å². The monoisotopic (exact) mass is 474 g/mol. The number of aliphatic hydroxyl groups excluding tert-OH is 2. The second-order valence-corrected chi connectivity index (χ2v) is 8.76. The van der Waals surface area contributed by atoms with E-state index >= 15 is 0 Å². The number of rotatable bonds is 10. The van der Waals surface area contributed by atoms with Crippen molar-refractivity contribution in [2.45, 2.75) is 56.5 Å². The van der Waals surface area contributed by atoms with Gasteiger partial charge in [0.05, 0.1) is 18.6 Å². The van der Waals surface area contributed by atoms with E-state index in [9.17, 15) is 19.8 Å². The van der Waals surface area contributed by atoms with Crippen LogP contribution in [0.3, 0.4) is 0 Å². The van der Waals surface area contributed by atoms with Crippen molar-refractivity contribution in [3.8, 4) is 5.75 Å². The topological polar surface area (TPSA) is 118 Å².